The molecule has 44 heavy (non-hydrogen) atoms. The highest BCUT2D eigenvalue weighted by molar-refractivity contribution is 5.95. The summed E-state index contributed by atoms with van der Waals surface area (Å²) in [4.78, 5) is 27.9. The van der Waals surface area contributed by atoms with Crippen molar-refractivity contribution in [1.82, 2.24) is 14.9 Å². The van der Waals surface area contributed by atoms with Crippen LogP contribution in [0.3, 0.4) is 0 Å². The van der Waals surface area contributed by atoms with Gasteiger partial charge in [-0.3, -0.25) is 19.5 Å². The molecule has 1 saturated heterocycles. The Hall–Kier alpha value is -3.60. The molecular formula is C34H45N3O7. The van der Waals surface area contributed by atoms with Gasteiger partial charge >= 0.3 is 6.09 Å². The number of piperidine rings is 1. The molecule has 3 aromatic rings. The van der Waals surface area contributed by atoms with Crippen LogP contribution < -0.4 is 15.0 Å². The van der Waals surface area contributed by atoms with E-state index in [2.05, 4.69) is 4.90 Å². The van der Waals surface area contributed by atoms with Gasteiger partial charge in [-0.1, -0.05) is 12.5 Å². The molecule has 10 heteroatoms. The number of likely N-dealkylation sites (tertiary alicyclic amines) is 1. The van der Waals surface area contributed by atoms with E-state index < -0.39 is 17.6 Å². The van der Waals surface area contributed by atoms with E-state index in [0.717, 1.165) is 85.0 Å². The van der Waals surface area contributed by atoms with Crippen LogP contribution in [0.25, 0.3) is 10.9 Å². The maximum atomic E-state index is 13.2. The SMILES string of the molecule is COc1cc(C)c2c(ccn2C(=O)OC(C)(C)C)c1CN1CC[C@H]2C[C@H]1c1ccc(C(=O)NO)cc1OCCCCCCO2. The van der Waals surface area contributed by atoms with Crippen molar-refractivity contribution < 1.29 is 33.7 Å². The van der Waals surface area contributed by atoms with Crippen LogP contribution in [0.1, 0.15) is 92.4 Å². The minimum Gasteiger partial charge on any atom is -0.496 e. The summed E-state index contributed by atoms with van der Waals surface area (Å²) in [7, 11) is 1.67. The summed E-state index contributed by atoms with van der Waals surface area (Å²) >= 11 is 0. The molecule has 0 unspecified atom stereocenters. The van der Waals surface area contributed by atoms with Crippen LogP contribution in [-0.2, 0) is 16.0 Å². The predicted molar refractivity (Wildman–Crippen MR) is 167 cm³/mol. The first-order valence-corrected chi connectivity index (χ1v) is 15.6. The number of methoxy groups -OCH3 is 1. The quantitative estimate of drug-likeness (QED) is 0.254. The zero-order valence-electron chi connectivity index (χ0n) is 26.5. The lowest BCUT2D eigenvalue weighted by molar-refractivity contribution is -0.0203. The van der Waals surface area contributed by atoms with Crippen molar-refractivity contribution in [2.45, 2.75) is 90.5 Å². The molecular weight excluding hydrogens is 562 g/mol. The van der Waals surface area contributed by atoms with Gasteiger partial charge in [0.25, 0.3) is 5.91 Å². The lowest BCUT2D eigenvalue weighted by atomic mass is 9.90. The van der Waals surface area contributed by atoms with Gasteiger partial charge in [-0.2, -0.15) is 0 Å². The van der Waals surface area contributed by atoms with Crippen LogP contribution in [0.15, 0.2) is 36.5 Å². The number of benzene rings is 2. The number of ether oxygens (including phenoxy) is 4. The topological polar surface area (TPSA) is 111 Å². The molecule has 2 N–H and O–H groups in total. The largest absolute Gasteiger partial charge is 0.496 e. The third-order valence-electron chi connectivity index (χ3n) is 8.45. The van der Waals surface area contributed by atoms with Crippen LogP contribution in [-0.4, -0.2) is 65.2 Å². The summed E-state index contributed by atoms with van der Waals surface area (Å²) in [5, 5.41) is 10.2. The number of aryl methyl sites for hydroxylation is 1. The minimum absolute atomic E-state index is 0.0651. The number of nitrogens with one attached hydrogen (secondary N) is 1. The summed E-state index contributed by atoms with van der Waals surface area (Å²) in [6.45, 7) is 10.2. The Labute approximate surface area is 259 Å². The van der Waals surface area contributed by atoms with E-state index in [1.165, 1.54) is 0 Å². The first-order valence-electron chi connectivity index (χ1n) is 15.6. The number of hydroxylamine groups is 1. The normalized spacial score (nSPS) is 20.0. The van der Waals surface area contributed by atoms with Crippen LogP contribution in [0.4, 0.5) is 4.79 Å². The lowest BCUT2D eigenvalue weighted by Crippen LogP contribution is -2.39. The molecule has 2 aromatic carbocycles. The van der Waals surface area contributed by atoms with Crippen molar-refractivity contribution in [2.24, 2.45) is 0 Å². The van der Waals surface area contributed by atoms with Gasteiger partial charge in [-0.05, 0) is 89.6 Å². The first-order chi connectivity index (χ1) is 21.1. The molecule has 0 spiro atoms. The van der Waals surface area contributed by atoms with Crippen molar-refractivity contribution in [3.05, 3.63) is 58.8 Å². The van der Waals surface area contributed by atoms with Crippen molar-refractivity contribution in [3.63, 3.8) is 0 Å². The minimum atomic E-state index is -0.622. The van der Waals surface area contributed by atoms with Gasteiger partial charge in [0, 0.05) is 54.0 Å². The second kappa shape index (κ2) is 13.6. The predicted octanol–water partition coefficient (Wildman–Crippen LogP) is 6.54. The Morgan fingerprint density at radius 1 is 1.09 bits per heavy atom. The Balaban J connectivity index is 1.56. The molecule has 238 valence electrons. The smallest absolute Gasteiger partial charge is 0.419 e. The summed E-state index contributed by atoms with van der Waals surface area (Å²) in [6, 6.07) is 9.25. The summed E-state index contributed by atoms with van der Waals surface area (Å²) < 4.78 is 25.9. The second-order valence-corrected chi connectivity index (χ2v) is 12.8. The number of amides is 1. The van der Waals surface area contributed by atoms with Gasteiger partial charge in [0.15, 0.2) is 0 Å². The van der Waals surface area contributed by atoms with Crippen molar-refractivity contribution in [3.8, 4) is 11.5 Å². The van der Waals surface area contributed by atoms with E-state index in [1.807, 2.05) is 45.9 Å². The number of hydrogen-bond acceptors (Lipinski definition) is 8. The molecule has 5 rings (SSSR count). The van der Waals surface area contributed by atoms with Gasteiger partial charge in [-0.15, -0.1) is 0 Å². The molecule has 1 aromatic heterocycles. The molecule has 0 saturated carbocycles. The molecule has 2 aliphatic heterocycles. The number of nitrogens with zero attached hydrogens (tertiary/aromatic N) is 2. The average Bonchev–Trinajstić information content (AvgIpc) is 3.45. The van der Waals surface area contributed by atoms with Crippen LogP contribution in [0, 0.1) is 6.92 Å². The van der Waals surface area contributed by atoms with Gasteiger partial charge < -0.3 is 18.9 Å². The van der Waals surface area contributed by atoms with E-state index in [1.54, 1.807) is 35.5 Å². The third-order valence-corrected chi connectivity index (χ3v) is 8.45. The molecule has 2 atom stereocenters. The number of fused-ring (bicyclic) bond motifs is 5. The molecule has 10 nitrogen and oxygen atoms in total. The summed E-state index contributed by atoms with van der Waals surface area (Å²) in [5.74, 6) is 0.812. The van der Waals surface area contributed by atoms with E-state index in [4.69, 9.17) is 18.9 Å². The molecule has 2 aliphatic rings. The summed E-state index contributed by atoms with van der Waals surface area (Å²) in [6.07, 6.45) is 7.13. The number of rotatable bonds is 4. The Morgan fingerprint density at radius 3 is 2.59 bits per heavy atom. The maximum absolute atomic E-state index is 13.2. The van der Waals surface area contributed by atoms with Crippen LogP contribution in [0.5, 0.6) is 11.5 Å². The zero-order chi connectivity index (χ0) is 31.4. The number of carbonyl (C=O) groups excluding carboxylic acids is 2. The van der Waals surface area contributed by atoms with Crippen LogP contribution in [0.2, 0.25) is 0 Å². The highest BCUT2D eigenvalue weighted by Crippen LogP contribution is 2.41. The van der Waals surface area contributed by atoms with E-state index in [-0.39, 0.29) is 12.1 Å². The van der Waals surface area contributed by atoms with E-state index >= 15 is 0 Å². The fraction of sp³-hybridized carbons (Fsp3) is 0.529. The third kappa shape index (κ3) is 7.03. The zero-order valence-corrected chi connectivity index (χ0v) is 26.5. The maximum Gasteiger partial charge on any atom is 0.419 e. The van der Waals surface area contributed by atoms with Gasteiger partial charge in [0.2, 0.25) is 0 Å². The highest BCUT2D eigenvalue weighted by atomic mass is 16.6. The molecule has 3 heterocycles. The standard InChI is InChI=1S/C34H45N3O7/c1-22-18-29(41-5)27(25-13-15-37(31(22)25)33(39)44-34(2,3)4)21-36-14-12-24-20-28(36)26-11-10-23(32(38)35-40)19-30(26)43-17-9-7-6-8-16-42-24/h10-11,13,15,18-19,24,28,40H,6-9,12,14,16-17,20-21H2,1-5H3,(H,35,38)/t24-,28-/m0/s1. The highest BCUT2D eigenvalue weighted by Gasteiger charge is 2.34. The van der Waals surface area contributed by atoms with Gasteiger partial charge in [0.05, 0.1) is 25.3 Å². The molecule has 0 radical (unpaired) electrons. The fourth-order valence-electron chi connectivity index (χ4n) is 6.35. The Bertz CT molecular complexity index is 1490. The number of carbonyl (C=O) groups is 2. The Kier molecular flexibility index (Phi) is 9.82. The van der Waals surface area contributed by atoms with Crippen LogP contribution >= 0.6 is 0 Å². The van der Waals surface area contributed by atoms with Gasteiger partial charge in [0.1, 0.15) is 17.1 Å². The summed E-state index contributed by atoms with van der Waals surface area (Å²) in [5.41, 5.74) is 5.11. The van der Waals surface area contributed by atoms with Crippen molar-refractivity contribution >= 4 is 22.9 Å². The second-order valence-electron chi connectivity index (χ2n) is 12.8. The molecule has 2 bridgehead atoms. The lowest BCUT2D eigenvalue weighted by Gasteiger charge is -2.40. The first kappa shape index (κ1) is 31.8. The van der Waals surface area contributed by atoms with E-state index in [0.29, 0.717) is 24.5 Å². The monoisotopic (exact) mass is 607 g/mol. The molecule has 1 amide bonds. The van der Waals surface area contributed by atoms with E-state index in [9.17, 15) is 14.8 Å². The number of aromatic nitrogens is 1. The average molecular weight is 608 g/mol. The molecule has 0 aliphatic carbocycles. The van der Waals surface area contributed by atoms with Crippen molar-refractivity contribution in [1.29, 1.82) is 0 Å². The fourth-order valence-corrected chi connectivity index (χ4v) is 6.35. The molecule has 1 fully saturated rings. The van der Waals surface area contributed by atoms with Crippen molar-refractivity contribution in [2.75, 3.05) is 26.9 Å². The number of hydrogen-bond donors (Lipinski definition) is 2. The Morgan fingerprint density at radius 2 is 1.86 bits per heavy atom. The van der Waals surface area contributed by atoms with Gasteiger partial charge in [-0.25, -0.2) is 10.3 Å².